The molecule has 1 N–H and O–H groups in total. The van der Waals surface area contributed by atoms with Gasteiger partial charge in [0.1, 0.15) is 11.8 Å². The van der Waals surface area contributed by atoms with Crippen LogP contribution in [0.15, 0.2) is 61.2 Å². The molecule has 1 atom stereocenters. The number of thiazole rings is 1. The van der Waals surface area contributed by atoms with Gasteiger partial charge in [-0.25, -0.2) is 9.79 Å². The van der Waals surface area contributed by atoms with Crippen LogP contribution in [0.5, 0.6) is 5.75 Å². The van der Waals surface area contributed by atoms with Crippen LogP contribution in [0.2, 0.25) is 0 Å². The summed E-state index contributed by atoms with van der Waals surface area (Å²) >= 11 is 6.07. The van der Waals surface area contributed by atoms with Crippen LogP contribution in [0, 0.1) is 0 Å². The molecule has 0 saturated heterocycles. The third kappa shape index (κ3) is 3.68. The molecule has 0 amide bonds. The van der Waals surface area contributed by atoms with Crippen molar-refractivity contribution < 1.29 is 14.6 Å². The summed E-state index contributed by atoms with van der Waals surface area (Å²) in [6.07, 6.45) is 1.64. The van der Waals surface area contributed by atoms with Crippen LogP contribution in [0.1, 0.15) is 30.3 Å². The highest BCUT2D eigenvalue weighted by Crippen LogP contribution is 2.33. The SMILES string of the molecule is CCOC(=O)C1=C(C)N=c2s/c(=C/c3cc(Br)ccc3O)c(=O)n2[C@@H]1c1cccs1. The molecule has 1 aliphatic rings. The zero-order chi connectivity index (χ0) is 21.4. The van der Waals surface area contributed by atoms with Crippen molar-refractivity contribution in [1.29, 1.82) is 0 Å². The Hall–Kier alpha value is -2.49. The number of thiophene rings is 1. The highest BCUT2D eigenvalue weighted by Gasteiger charge is 2.33. The molecule has 154 valence electrons. The molecule has 0 spiro atoms. The molecule has 2 aromatic heterocycles. The molecule has 9 heteroatoms. The second kappa shape index (κ2) is 8.33. The maximum atomic E-state index is 13.4. The molecule has 0 bridgehead atoms. The smallest absolute Gasteiger partial charge is 0.338 e. The molecule has 1 aliphatic heterocycles. The highest BCUT2D eigenvalue weighted by molar-refractivity contribution is 9.10. The summed E-state index contributed by atoms with van der Waals surface area (Å²) in [5.41, 5.74) is 1.14. The van der Waals surface area contributed by atoms with Crippen LogP contribution in [-0.2, 0) is 9.53 Å². The quantitative estimate of drug-likeness (QED) is 0.552. The number of carbonyl (C=O) groups excluding carboxylic acids is 1. The Balaban J connectivity index is 1.96. The van der Waals surface area contributed by atoms with Gasteiger partial charge < -0.3 is 9.84 Å². The summed E-state index contributed by atoms with van der Waals surface area (Å²) in [5.74, 6) is -0.404. The highest BCUT2D eigenvalue weighted by atomic mass is 79.9. The van der Waals surface area contributed by atoms with Crippen molar-refractivity contribution in [3.63, 3.8) is 0 Å². The average molecular weight is 505 g/mol. The van der Waals surface area contributed by atoms with Gasteiger partial charge in [0, 0.05) is 14.9 Å². The number of phenols is 1. The predicted octanol–water partition coefficient (Wildman–Crippen LogP) is 3.33. The third-order valence-corrected chi connectivity index (χ3v) is 7.01. The second-order valence-corrected chi connectivity index (χ2v) is 9.42. The molecule has 3 heterocycles. The summed E-state index contributed by atoms with van der Waals surface area (Å²) in [5, 5.41) is 12.1. The standard InChI is InChI=1S/C21H17BrN2O4S2/c1-3-28-20(27)17-11(2)23-21-24(18(17)15-5-4-8-29-15)19(26)16(30-21)10-12-9-13(22)6-7-14(12)25/h4-10,18,25H,3H2,1-2H3/b16-10+/t18-/m1/s1. The van der Waals surface area contributed by atoms with Gasteiger partial charge in [-0.1, -0.05) is 33.3 Å². The van der Waals surface area contributed by atoms with E-state index in [1.165, 1.54) is 27.2 Å². The van der Waals surface area contributed by atoms with Gasteiger partial charge >= 0.3 is 5.97 Å². The lowest BCUT2D eigenvalue weighted by Crippen LogP contribution is -2.39. The van der Waals surface area contributed by atoms with Crippen molar-refractivity contribution in [3.8, 4) is 5.75 Å². The molecular formula is C21H17BrN2O4S2. The van der Waals surface area contributed by atoms with Crippen LogP contribution >= 0.6 is 38.6 Å². The number of halogens is 1. The summed E-state index contributed by atoms with van der Waals surface area (Å²) in [6.45, 7) is 3.73. The summed E-state index contributed by atoms with van der Waals surface area (Å²) in [4.78, 5) is 32.0. The van der Waals surface area contributed by atoms with Crippen molar-refractivity contribution in [3.05, 3.63) is 81.6 Å². The number of aromatic hydroxyl groups is 1. The molecule has 6 nitrogen and oxygen atoms in total. The number of hydrogen-bond donors (Lipinski definition) is 1. The average Bonchev–Trinajstić information content (AvgIpc) is 3.33. The second-order valence-electron chi connectivity index (χ2n) is 6.52. The van der Waals surface area contributed by atoms with Crippen molar-refractivity contribution in [2.45, 2.75) is 19.9 Å². The number of phenolic OH excluding ortho intramolecular Hbond substituents is 1. The number of nitrogens with zero attached hydrogens (tertiary/aromatic N) is 2. The van der Waals surface area contributed by atoms with E-state index in [0.29, 0.717) is 26.2 Å². The molecule has 0 saturated carbocycles. The first-order valence-electron chi connectivity index (χ1n) is 9.12. The fraction of sp³-hybridized carbons (Fsp3) is 0.190. The topological polar surface area (TPSA) is 80.9 Å². The Morgan fingerprint density at radius 2 is 2.20 bits per heavy atom. The summed E-state index contributed by atoms with van der Waals surface area (Å²) in [7, 11) is 0. The molecule has 0 fully saturated rings. The van der Waals surface area contributed by atoms with Crippen molar-refractivity contribution in [2.75, 3.05) is 6.61 Å². The first kappa shape index (κ1) is 20.8. The minimum absolute atomic E-state index is 0.0715. The monoisotopic (exact) mass is 504 g/mol. The molecule has 0 radical (unpaired) electrons. The first-order chi connectivity index (χ1) is 14.4. The number of rotatable bonds is 4. The van der Waals surface area contributed by atoms with E-state index in [4.69, 9.17) is 4.74 Å². The maximum Gasteiger partial charge on any atom is 0.338 e. The van der Waals surface area contributed by atoms with Crippen LogP contribution in [-0.4, -0.2) is 22.2 Å². The predicted molar refractivity (Wildman–Crippen MR) is 121 cm³/mol. The van der Waals surface area contributed by atoms with E-state index in [2.05, 4.69) is 20.9 Å². The number of ether oxygens (including phenoxy) is 1. The Bertz CT molecular complexity index is 1340. The maximum absolute atomic E-state index is 13.4. The van der Waals surface area contributed by atoms with Gasteiger partial charge in [-0.2, -0.15) is 0 Å². The van der Waals surface area contributed by atoms with E-state index in [-0.39, 0.29) is 17.9 Å². The molecule has 0 aliphatic carbocycles. The van der Waals surface area contributed by atoms with Crippen LogP contribution < -0.4 is 14.9 Å². The van der Waals surface area contributed by atoms with Gasteiger partial charge in [-0.15, -0.1) is 11.3 Å². The number of benzene rings is 1. The van der Waals surface area contributed by atoms with E-state index in [1.807, 2.05) is 17.5 Å². The van der Waals surface area contributed by atoms with Crippen LogP contribution in [0.3, 0.4) is 0 Å². The Kier molecular flexibility index (Phi) is 5.77. The van der Waals surface area contributed by atoms with Crippen molar-refractivity contribution in [1.82, 2.24) is 4.57 Å². The number of aromatic nitrogens is 1. The Labute approximate surface area is 188 Å². The summed E-state index contributed by atoms with van der Waals surface area (Å²) < 4.78 is 8.00. The number of fused-ring (bicyclic) bond motifs is 1. The molecular weight excluding hydrogens is 488 g/mol. The van der Waals surface area contributed by atoms with Crippen molar-refractivity contribution in [2.24, 2.45) is 4.99 Å². The molecule has 1 aromatic carbocycles. The zero-order valence-electron chi connectivity index (χ0n) is 16.1. The van der Waals surface area contributed by atoms with Gasteiger partial charge in [-0.3, -0.25) is 9.36 Å². The van der Waals surface area contributed by atoms with Gasteiger partial charge in [0.05, 0.1) is 22.4 Å². The normalized spacial score (nSPS) is 16.4. The summed E-state index contributed by atoms with van der Waals surface area (Å²) in [6, 6.07) is 8.20. The minimum atomic E-state index is -0.599. The van der Waals surface area contributed by atoms with E-state index >= 15 is 0 Å². The van der Waals surface area contributed by atoms with Gasteiger partial charge in [0.15, 0.2) is 4.80 Å². The minimum Gasteiger partial charge on any atom is -0.507 e. The molecule has 3 aromatic rings. The number of allylic oxidation sites excluding steroid dienone is 1. The van der Waals surface area contributed by atoms with E-state index < -0.39 is 12.0 Å². The fourth-order valence-corrected chi connectivity index (χ4v) is 5.53. The Morgan fingerprint density at radius 3 is 2.90 bits per heavy atom. The zero-order valence-corrected chi connectivity index (χ0v) is 19.3. The Morgan fingerprint density at radius 1 is 1.40 bits per heavy atom. The van der Waals surface area contributed by atoms with Gasteiger partial charge in [0.25, 0.3) is 5.56 Å². The van der Waals surface area contributed by atoms with Gasteiger partial charge in [-0.05, 0) is 49.6 Å². The number of hydrogen-bond acceptors (Lipinski definition) is 7. The first-order valence-corrected chi connectivity index (χ1v) is 11.6. The largest absolute Gasteiger partial charge is 0.507 e. The van der Waals surface area contributed by atoms with Crippen molar-refractivity contribution >= 4 is 50.6 Å². The van der Waals surface area contributed by atoms with Crippen LogP contribution in [0.4, 0.5) is 0 Å². The van der Waals surface area contributed by atoms with E-state index in [0.717, 1.165) is 9.35 Å². The molecule has 30 heavy (non-hydrogen) atoms. The van der Waals surface area contributed by atoms with E-state index in [9.17, 15) is 14.7 Å². The number of esters is 1. The molecule has 4 rings (SSSR count). The third-order valence-electron chi connectivity index (χ3n) is 4.61. The lowest BCUT2D eigenvalue weighted by Gasteiger charge is -2.23. The van der Waals surface area contributed by atoms with E-state index in [1.54, 1.807) is 38.1 Å². The van der Waals surface area contributed by atoms with Gasteiger partial charge in [0.2, 0.25) is 0 Å². The number of carbonyl (C=O) groups is 1. The molecule has 0 unspecified atom stereocenters. The lowest BCUT2D eigenvalue weighted by molar-refractivity contribution is -0.139. The fourth-order valence-electron chi connectivity index (χ4n) is 3.29. The lowest BCUT2D eigenvalue weighted by atomic mass is 10.0. The van der Waals surface area contributed by atoms with Crippen LogP contribution in [0.25, 0.3) is 6.08 Å².